The van der Waals surface area contributed by atoms with Crippen LogP contribution in [0.25, 0.3) is 0 Å². The van der Waals surface area contributed by atoms with Crippen LogP contribution < -0.4 is 10.2 Å². The molecule has 1 fully saturated rings. The van der Waals surface area contributed by atoms with E-state index in [9.17, 15) is 27.6 Å². The lowest BCUT2D eigenvalue weighted by Gasteiger charge is -2.15. The van der Waals surface area contributed by atoms with Gasteiger partial charge < -0.3 is 0 Å². The molecular formula is C10H4BrF3N2O3. The van der Waals surface area contributed by atoms with Gasteiger partial charge in [-0.1, -0.05) is 15.9 Å². The Balaban J connectivity index is 2.51. The molecule has 0 saturated carbocycles. The molecule has 2 rings (SSSR count). The Labute approximate surface area is 112 Å². The summed E-state index contributed by atoms with van der Waals surface area (Å²) in [7, 11) is 0. The number of amides is 4. The summed E-state index contributed by atoms with van der Waals surface area (Å²) >= 11 is 2.73. The summed E-state index contributed by atoms with van der Waals surface area (Å²) in [6.45, 7) is 0. The van der Waals surface area contributed by atoms with Gasteiger partial charge in [-0.05, 0) is 18.2 Å². The highest BCUT2D eigenvalue weighted by molar-refractivity contribution is 9.10. The molecule has 100 valence electrons. The smallest absolute Gasteiger partial charge is 0.269 e. The van der Waals surface area contributed by atoms with Crippen molar-refractivity contribution in [2.75, 3.05) is 4.90 Å². The second-order valence-electron chi connectivity index (χ2n) is 3.56. The zero-order valence-corrected chi connectivity index (χ0v) is 10.5. The van der Waals surface area contributed by atoms with Gasteiger partial charge in [-0.2, -0.15) is 13.2 Å². The zero-order valence-electron chi connectivity index (χ0n) is 8.92. The normalized spacial score (nSPS) is 16.0. The molecule has 0 bridgehead atoms. The van der Waals surface area contributed by atoms with Crippen LogP contribution in [0, 0.1) is 0 Å². The van der Waals surface area contributed by atoms with E-state index in [1.165, 1.54) is 0 Å². The Morgan fingerprint density at radius 2 is 1.79 bits per heavy atom. The molecule has 1 heterocycles. The number of rotatable bonds is 1. The number of hydrogen-bond donors (Lipinski definition) is 1. The summed E-state index contributed by atoms with van der Waals surface area (Å²) in [5, 5.41) is 1.69. The monoisotopic (exact) mass is 336 g/mol. The molecule has 5 nitrogen and oxygen atoms in total. The number of benzene rings is 1. The van der Waals surface area contributed by atoms with Gasteiger partial charge in [0.25, 0.3) is 0 Å². The van der Waals surface area contributed by atoms with Crippen LogP contribution >= 0.6 is 15.9 Å². The Bertz CT molecular complexity index is 600. The Morgan fingerprint density at radius 1 is 1.16 bits per heavy atom. The molecule has 1 saturated heterocycles. The summed E-state index contributed by atoms with van der Waals surface area (Å²) < 4.78 is 37.8. The van der Waals surface area contributed by atoms with E-state index in [-0.39, 0.29) is 10.2 Å². The summed E-state index contributed by atoms with van der Waals surface area (Å²) in [5.41, 5.74) is -1.38. The van der Waals surface area contributed by atoms with E-state index in [2.05, 4.69) is 15.9 Å². The second-order valence-corrected chi connectivity index (χ2v) is 4.42. The number of carbonyl (C=O) groups excluding carboxylic acids is 3. The van der Waals surface area contributed by atoms with Gasteiger partial charge in [0, 0.05) is 4.47 Å². The van der Waals surface area contributed by atoms with Crippen molar-refractivity contribution in [1.29, 1.82) is 0 Å². The minimum atomic E-state index is -4.65. The molecule has 4 amide bonds. The van der Waals surface area contributed by atoms with Gasteiger partial charge in [-0.25, -0.2) is 9.69 Å². The summed E-state index contributed by atoms with van der Waals surface area (Å²) in [6.07, 6.45) is -4.65. The third-order valence-corrected chi connectivity index (χ3v) is 3.03. The molecule has 1 aromatic carbocycles. The lowest BCUT2D eigenvalue weighted by atomic mass is 10.2. The van der Waals surface area contributed by atoms with Crippen LogP contribution in [-0.2, 0) is 15.8 Å². The average Bonchev–Trinajstić information content (AvgIpc) is 2.53. The van der Waals surface area contributed by atoms with Crippen LogP contribution in [0.1, 0.15) is 5.56 Å². The molecule has 0 aliphatic carbocycles. The first-order valence-electron chi connectivity index (χ1n) is 4.78. The molecule has 1 aliphatic heterocycles. The van der Waals surface area contributed by atoms with Gasteiger partial charge in [-0.3, -0.25) is 14.9 Å². The topological polar surface area (TPSA) is 66.5 Å². The standard InChI is InChI=1S/C10H4BrF3N2O3/c11-6-2-1-4(3-5(6)10(12,13)14)16-8(18)7(17)15-9(16)19/h1-3H,(H,15,17,19). The second kappa shape index (κ2) is 4.34. The van der Waals surface area contributed by atoms with Gasteiger partial charge >= 0.3 is 24.0 Å². The van der Waals surface area contributed by atoms with Crippen molar-refractivity contribution >= 4 is 39.5 Å². The molecule has 0 radical (unpaired) electrons. The highest BCUT2D eigenvalue weighted by Crippen LogP contribution is 2.37. The van der Waals surface area contributed by atoms with Crippen molar-refractivity contribution in [3.8, 4) is 0 Å². The highest BCUT2D eigenvalue weighted by Gasteiger charge is 2.40. The van der Waals surface area contributed by atoms with Crippen LogP contribution in [0.15, 0.2) is 22.7 Å². The largest absolute Gasteiger partial charge is 0.417 e. The number of carbonyl (C=O) groups is 3. The minimum Gasteiger partial charge on any atom is -0.269 e. The van der Waals surface area contributed by atoms with E-state index in [0.717, 1.165) is 12.1 Å². The lowest BCUT2D eigenvalue weighted by molar-refractivity contribution is -0.138. The minimum absolute atomic E-state index is 0.234. The zero-order chi connectivity index (χ0) is 14.4. The molecule has 19 heavy (non-hydrogen) atoms. The predicted octanol–water partition coefficient (Wildman–Crippen LogP) is 2.05. The SMILES string of the molecule is O=C1NC(=O)N(c2ccc(Br)c(C(F)(F)F)c2)C1=O. The van der Waals surface area contributed by atoms with Gasteiger partial charge in [-0.15, -0.1) is 0 Å². The molecule has 0 aromatic heterocycles. The van der Waals surface area contributed by atoms with Crippen molar-refractivity contribution in [2.45, 2.75) is 6.18 Å². The first kappa shape index (κ1) is 13.5. The van der Waals surface area contributed by atoms with Crippen LogP contribution in [0.3, 0.4) is 0 Å². The predicted molar refractivity (Wildman–Crippen MR) is 60.2 cm³/mol. The number of alkyl halides is 3. The van der Waals surface area contributed by atoms with E-state index in [1.54, 1.807) is 5.32 Å². The Morgan fingerprint density at radius 3 is 2.26 bits per heavy atom. The fourth-order valence-corrected chi connectivity index (χ4v) is 1.98. The maximum atomic E-state index is 12.7. The fourth-order valence-electron chi connectivity index (χ4n) is 1.50. The molecule has 0 atom stereocenters. The molecule has 0 unspecified atom stereocenters. The van der Waals surface area contributed by atoms with Crippen molar-refractivity contribution in [2.24, 2.45) is 0 Å². The first-order chi connectivity index (χ1) is 8.71. The van der Waals surface area contributed by atoms with Crippen LogP contribution in [-0.4, -0.2) is 17.8 Å². The summed E-state index contributed by atoms with van der Waals surface area (Å²) in [4.78, 5) is 34.0. The van der Waals surface area contributed by atoms with Crippen LogP contribution in [0.2, 0.25) is 0 Å². The third-order valence-electron chi connectivity index (χ3n) is 2.33. The lowest BCUT2D eigenvalue weighted by Crippen LogP contribution is -2.31. The maximum absolute atomic E-state index is 12.7. The Hall–Kier alpha value is -1.90. The maximum Gasteiger partial charge on any atom is 0.417 e. The van der Waals surface area contributed by atoms with Gasteiger partial charge in [0.2, 0.25) is 0 Å². The summed E-state index contributed by atoms with van der Waals surface area (Å²) in [6, 6.07) is 1.70. The summed E-state index contributed by atoms with van der Waals surface area (Å²) in [5.74, 6) is -2.40. The molecular weight excluding hydrogens is 333 g/mol. The number of hydrogen-bond acceptors (Lipinski definition) is 3. The van der Waals surface area contributed by atoms with Crippen LogP contribution in [0.5, 0.6) is 0 Å². The number of nitrogens with one attached hydrogen (secondary N) is 1. The van der Waals surface area contributed by atoms with Gasteiger partial charge in [0.1, 0.15) is 0 Å². The van der Waals surface area contributed by atoms with E-state index < -0.39 is 29.6 Å². The third kappa shape index (κ3) is 2.33. The molecule has 1 N–H and O–H groups in total. The van der Waals surface area contributed by atoms with Crippen molar-refractivity contribution in [3.05, 3.63) is 28.2 Å². The first-order valence-corrected chi connectivity index (χ1v) is 5.57. The quantitative estimate of drug-likeness (QED) is 0.630. The van der Waals surface area contributed by atoms with Crippen LogP contribution in [0.4, 0.5) is 23.7 Å². The fraction of sp³-hybridized carbons (Fsp3) is 0.100. The van der Waals surface area contributed by atoms with E-state index in [4.69, 9.17) is 0 Å². The number of urea groups is 1. The number of anilines is 1. The van der Waals surface area contributed by atoms with E-state index in [0.29, 0.717) is 11.0 Å². The number of imide groups is 2. The van der Waals surface area contributed by atoms with Crippen molar-refractivity contribution in [1.82, 2.24) is 5.32 Å². The van der Waals surface area contributed by atoms with Crippen molar-refractivity contribution in [3.63, 3.8) is 0 Å². The number of halogens is 4. The van der Waals surface area contributed by atoms with Gasteiger partial charge in [0.05, 0.1) is 11.3 Å². The van der Waals surface area contributed by atoms with E-state index in [1.807, 2.05) is 0 Å². The molecule has 9 heteroatoms. The Kier molecular flexibility index (Phi) is 3.09. The van der Waals surface area contributed by atoms with E-state index >= 15 is 0 Å². The van der Waals surface area contributed by atoms with Gasteiger partial charge in [0.15, 0.2) is 0 Å². The number of nitrogens with zero attached hydrogens (tertiary/aromatic N) is 1. The van der Waals surface area contributed by atoms with Crippen molar-refractivity contribution < 1.29 is 27.6 Å². The highest BCUT2D eigenvalue weighted by atomic mass is 79.9. The average molecular weight is 337 g/mol. The molecule has 0 spiro atoms. The molecule has 1 aromatic rings. The molecule has 1 aliphatic rings.